The summed E-state index contributed by atoms with van der Waals surface area (Å²) in [4.78, 5) is 12.0. The number of nitrogens with zero attached hydrogens (tertiary/aromatic N) is 1. The molecule has 0 saturated carbocycles. The van der Waals surface area contributed by atoms with Gasteiger partial charge in [0.1, 0.15) is 0 Å². The van der Waals surface area contributed by atoms with Gasteiger partial charge in [0.2, 0.25) is 15.1 Å². The molecular formula is C19H20ClNO4S2. The average Bonchev–Trinajstić information content (AvgIpc) is 3.19. The highest BCUT2D eigenvalue weighted by Crippen LogP contribution is 2.24. The molecule has 1 aliphatic rings. The van der Waals surface area contributed by atoms with E-state index in [4.69, 9.17) is 16.7 Å². The number of halogens is 1. The quantitative estimate of drug-likeness (QED) is 0.796. The average molecular weight is 426 g/mol. The van der Waals surface area contributed by atoms with Crippen molar-refractivity contribution in [3.63, 3.8) is 0 Å². The van der Waals surface area contributed by atoms with Crippen molar-refractivity contribution in [3.05, 3.63) is 77.3 Å². The van der Waals surface area contributed by atoms with Gasteiger partial charge in [0.15, 0.2) is 0 Å². The maximum Gasteiger partial charge on any atom is 0.243 e. The molecule has 144 valence electrons. The molecule has 3 rings (SSSR count). The molecule has 2 aromatic rings. The molecule has 0 spiro atoms. The summed E-state index contributed by atoms with van der Waals surface area (Å²) in [7, 11) is -3.63. The Morgan fingerprint density at radius 2 is 1.63 bits per heavy atom. The molecular weight excluding hydrogens is 406 g/mol. The van der Waals surface area contributed by atoms with E-state index >= 15 is 0 Å². The van der Waals surface area contributed by atoms with Crippen molar-refractivity contribution >= 4 is 38.5 Å². The highest BCUT2D eigenvalue weighted by atomic mass is 35.5. The van der Waals surface area contributed by atoms with Crippen molar-refractivity contribution in [2.24, 2.45) is 0 Å². The minimum absolute atomic E-state index is 0.0578. The van der Waals surface area contributed by atoms with Crippen molar-refractivity contribution in [1.29, 1.82) is 0 Å². The molecule has 0 aliphatic carbocycles. The van der Waals surface area contributed by atoms with Crippen LogP contribution in [-0.4, -0.2) is 48.4 Å². The van der Waals surface area contributed by atoms with Gasteiger partial charge in [0, 0.05) is 29.4 Å². The van der Waals surface area contributed by atoms with E-state index in [0.717, 1.165) is 11.8 Å². The summed E-state index contributed by atoms with van der Waals surface area (Å²) in [5.41, 5.74) is 0.450. The fourth-order valence-electron chi connectivity index (χ4n) is 2.23. The molecule has 0 atom stereocenters. The van der Waals surface area contributed by atoms with Gasteiger partial charge in [0.25, 0.3) is 0 Å². The van der Waals surface area contributed by atoms with Crippen molar-refractivity contribution in [2.45, 2.75) is 4.90 Å². The molecule has 1 N–H and O–H groups in total. The molecule has 1 heterocycles. The lowest BCUT2D eigenvalue weighted by molar-refractivity contribution is -0.107. The Morgan fingerprint density at radius 3 is 2.15 bits per heavy atom. The van der Waals surface area contributed by atoms with Crippen LogP contribution in [0.3, 0.4) is 0 Å². The normalized spacial score (nSPS) is 14.2. The van der Waals surface area contributed by atoms with E-state index in [0.29, 0.717) is 16.3 Å². The standard InChI is InChI=1S/C13H14ClNO4S2.C6H6/c14-11-1-3-12(4-2-11)21(18,19)15-6-5-10(9-15)13(17)20-8-7-16;1-2-4-6-5-3-1/h1-5,16H,6-9H2;1-6H. The minimum Gasteiger partial charge on any atom is -0.396 e. The first-order chi connectivity index (χ1) is 12.9. The van der Waals surface area contributed by atoms with Gasteiger partial charge in [-0.2, -0.15) is 4.31 Å². The second kappa shape index (κ2) is 10.6. The fraction of sp³-hybridized carbons (Fsp3) is 0.211. The Bertz CT molecular complexity index is 842. The number of aliphatic hydroxyl groups is 1. The van der Waals surface area contributed by atoms with E-state index in [9.17, 15) is 13.2 Å². The van der Waals surface area contributed by atoms with E-state index in [-0.39, 0.29) is 29.7 Å². The molecule has 0 radical (unpaired) electrons. The smallest absolute Gasteiger partial charge is 0.243 e. The lowest BCUT2D eigenvalue weighted by Crippen LogP contribution is -2.29. The summed E-state index contributed by atoms with van der Waals surface area (Å²) < 4.78 is 26.1. The lowest BCUT2D eigenvalue weighted by atomic mass is 10.3. The molecule has 0 saturated heterocycles. The predicted molar refractivity (Wildman–Crippen MR) is 109 cm³/mol. The SMILES string of the molecule is O=C(SCCO)C1=CCN(S(=O)(=O)c2ccc(Cl)cc2)C1.c1ccccc1. The summed E-state index contributed by atoms with van der Waals surface area (Å²) >= 11 is 6.74. The molecule has 5 nitrogen and oxygen atoms in total. The van der Waals surface area contributed by atoms with Gasteiger partial charge in [-0.3, -0.25) is 4.79 Å². The third kappa shape index (κ3) is 6.48. The second-order valence-corrected chi connectivity index (χ2v) is 8.94. The van der Waals surface area contributed by atoms with Crippen LogP contribution in [0.15, 0.2) is 77.2 Å². The zero-order valence-corrected chi connectivity index (χ0v) is 16.9. The third-order valence-electron chi connectivity index (χ3n) is 3.59. The zero-order valence-electron chi connectivity index (χ0n) is 14.5. The van der Waals surface area contributed by atoms with E-state index < -0.39 is 10.0 Å². The van der Waals surface area contributed by atoms with Crippen LogP contribution in [0.2, 0.25) is 5.02 Å². The molecule has 0 unspecified atom stereocenters. The predicted octanol–water partition coefficient (Wildman–Crippen LogP) is 3.21. The first kappa shape index (κ1) is 21.7. The largest absolute Gasteiger partial charge is 0.396 e. The number of carbonyl (C=O) groups excluding carboxylic acids is 1. The van der Waals surface area contributed by atoms with Crippen molar-refractivity contribution in [3.8, 4) is 0 Å². The van der Waals surface area contributed by atoms with Crippen molar-refractivity contribution in [2.75, 3.05) is 25.4 Å². The van der Waals surface area contributed by atoms with Gasteiger partial charge < -0.3 is 5.11 Å². The molecule has 0 aromatic heterocycles. The van der Waals surface area contributed by atoms with Crippen LogP contribution in [0.1, 0.15) is 0 Å². The first-order valence-electron chi connectivity index (χ1n) is 8.18. The van der Waals surface area contributed by atoms with Gasteiger partial charge in [-0.25, -0.2) is 8.42 Å². The number of hydrogen-bond donors (Lipinski definition) is 1. The molecule has 0 amide bonds. The van der Waals surface area contributed by atoms with Gasteiger partial charge >= 0.3 is 0 Å². The summed E-state index contributed by atoms with van der Waals surface area (Å²) in [5.74, 6) is 0.306. The van der Waals surface area contributed by atoms with Crippen LogP contribution in [0.4, 0.5) is 0 Å². The van der Waals surface area contributed by atoms with Gasteiger partial charge in [-0.1, -0.05) is 65.8 Å². The van der Waals surface area contributed by atoms with Crippen LogP contribution in [0.25, 0.3) is 0 Å². The molecule has 27 heavy (non-hydrogen) atoms. The van der Waals surface area contributed by atoms with E-state index in [1.54, 1.807) is 6.08 Å². The molecule has 8 heteroatoms. The Balaban J connectivity index is 0.000000369. The summed E-state index contributed by atoms with van der Waals surface area (Å²) in [6.07, 6.45) is 1.61. The number of benzene rings is 2. The Kier molecular flexibility index (Phi) is 8.53. The molecule has 1 aliphatic heterocycles. The minimum atomic E-state index is -3.63. The van der Waals surface area contributed by atoms with Gasteiger partial charge in [-0.05, 0) is 24.3 Å². The maximum absolute atomic E-state index is 12.4. The number of rotatable bonds is 5. The van der Waals surface area contributed by atoms with Crippen molar-refractivity contribution < 1.29 is 18.3 Å². The number of thioether (sulfide) groups is 1. The number of sulfonamides is 1. The molecule has 2 aromatic carbocycles. The molecule has 0 fully saturated rings. The van der Waals surface area contributed by atoms with Crippen LogP contribution in [0, 0.1) is 0 Å². The monoisotopic (exact) mass is 425 g/mol. The fourth-order valence-corrected chi connectivity index (χ4v) is 4.33. The van der Waals surface area contributed by atoms with E-state index in [2.05, 4.69) is 0 Å². The maximum atomic E-state index is 12.4. The van der Waals surface area contributed by atoms with Gasteiger partial charge in [-0.15, -0.1) is 0 Å². The third-order valence-corrected chi connectivity index (χ3v) is 6.58. The van der Waals surface area contributed by atoms with Crippen LogP contribution in [0.5, 0.6) is 0 Å². The number of carbonyl (C=O) groups is 1. The second-order valence-electron chi connectivity index (χ2n) is 5.50. The van der Waals surface area contributed by atoms with Crippen LogP contribution < -0.4 is 0 Å². The summed E-state index contributed by atoms with van der Waals surface area (Å²) in [6, 6.07) is 17.9. The lowest BCUT2D eigenvalue weighted by Gasteiger charge is -2.16. The van der Waals surface area contributed by atoms with Crippen molar-refractivity contribution in [1.82, 2.24) is 4.31 Å². The highest BCUT2D eigenvalue weighted by molar-refractivity contribution is 8.14. The Morgan fingerprint density at radius 1 is 1.07 bits per heavy atom. The number of aliphatic hydroxyl groups excluding tert-OH is 1. The first-order valence-corrected chi connectivity index (χ1v) is 11.0. The van der Waals surface area contributed by atoms with E-state index in [1.807, 2.05) is 36.4 Å². The molecule has 0 bridgehead atoms. The zero-order chi connectivity index (χ0) is 19.7. The van der Waals surface area contributed by atoms with Crippen LogP contribution in [-0.2, 0) is 14.8 Å². The van der Waals surface area contributed by atoms with E-state index in [1.165, 1.54) is 28.6 Å². The van der Waals surface area contributed by atoms with Gasteiger partial charge in [0.05, 0.1) is 11.5 Å². The van der Waals surface area contributed by atoms with Crippen LogP contribution >= 0.6 is 23.4 Å². The summed E-state index contributed by atoms with van der Waals surface area (Å²) in [6.45, 7) is 0.143. The number of hydrogen-bond acceptors (Lipinski definition) is 5. The Hall–Kier alpha value is -1.64. The highest BCUT2D eigenvalue weighted by Gasteiger charge is 2.30. The Labute approximate surface area is 168 Å². The summed E-state index contributed by atoms with van der Waals surface area (Å²) in [5, 5.41) is 8.97. The topological polar surface area (TPSA) is 74.7 Å².